The molecule has 2 aromatic rings. The second kappa shape index (κ2) is 4.82. The molecule has 3 nitrogen and oxygen atoms in total. The third-order valence-electron chi connectivity index (χ3n) is 2.25. The van der Waals surface area contributed by atoms with Gasteiger partial charge in [-0.25, -0.2) is 4.98 Å². The van der Waals surface area contributed by atoms with Crippen molar-refractivity contribution in [3.05, 3.63) is 40.9 Å². The van der Waals surface area contributed by atoms with Crippen LogP contribution < -0.4 is 0 Å². The second-order valence-electron chi connectivity index (χ2n) is 3.55. The number of Topliss-reactive ketones (excluding diaryl/α,β-unsaturated/α-hetero) is 1. The van der Waals surface area contributed by atoms with E-state index in [1.54, 1.807) is 12.1 Å². The van der Waals surface area contributed by atoms with Crippen molar-refractivity contribution in [2.75, 3.05) is 0 Å². The van der Waals surface area contributed by atoms with Gasteiger partial charge in [-0.15, -0.1) is 11.3 Å². The Morgan fingerprint density at radius 1 is 1.26 bits per heavy atom. The lowest BCUT2D eigenvalue weighted by molar-refractivity contribution is -0.0882. The van der Waals surface area contributed by atoms with Crippen LogP contribution in [0.4, 0.5) is 13.2 Å². The Morgan fingerprint density at radius 3 is 2.42 bits per heavy atom. The van der Waals surface area contributed by atoms with Gasteiger partial charge in [0.15, 0.2) is 0 Å². The zero-order valence-corrected chi connectivity index (χ0v) is 10.0. The van der Waals surface area contributed by atoms with Crippen LogP contribution in [0.1, 0.15) is 15.2 Å². The summed E-state index contributed by atoms with van der Waals surface area (Å²) < 4.78 is 36.7. The first kappa shape index (κ1) is 13.2. The molecule has 0 atom stereocenters. The Morgan fingerprint density at radius 2 is 1.89 bits per heavy atom. The smallest absolute Gasteiger partial charge is 0.283 e. The fraction of sp³-hybridized carbons (Fsp3) is 0.0833. The summed E-state index contributed by atoms with van der Waals surface area (Å²) in [6, 6.07) is 8.13. The van der Waals surface area contributed by atoms with Crippen molar-refractivity contribution >= 4 is 17.1 Å². The first-order chi connectivity index (χ1) is 8.91. The van der Waals surface area contributed by atoms with Gasteiger partial charge >= 0.3 is 6.18 Å². The fourth-order valence-corrected chi connectivity index (χ4v) is 2.22. The van der Waals surface area contributed by atoms with Crippen LogP contribution in [-0.4, -0.2) is 16.9 Å². The third kappa shape index (κ3) is 2.80. The third-order valence-corrected chi connectivity index (χ3v) is 3.29. The standard InChI is InChI=1S/C12H5F3N2OS/c13-12(14,15)10(18)9-6-17-11(19-9)8-3-1-7(5-16)2-4-8/h1-4,6H. The molecule has 1 aromatic carbocycles. The molecule has 0 N–H and O–H groups in total. The van der Waals surface area contributed by atoms with Gasteiger partial charge in [0.05, 0.1) is 11.6 Å². The molecular weight excluding hydrogens is 277 g/mol. The SMILES string of the molecule is N#Cc1ccc(-c2ncc(C(=O)C(F)(F)F)s2)cc1. The minimum Gasteiger partial charge on any atom is -0.283 e. The number of halogens is 3. The summed E-state index contributed by atoms with van der Waals surface area (Å²) in [6.07, 6.45) is -3.98. The molecule has 0 amide bonds. The minimum absolute atomic E-state index is 0.303. The van der Waals surface area contributed by atoms with Crippen molar-refractivity contribution < 1.29 is 18.0 Å². The number of hydrogen-bond acceptors (Lipinski definition) is 4. The van der Waals surface area contributed by atoms with Gasteiger partial charge in [-0.2, -0.15) is 18.4 Å². The van der Waals surface area contributed by atoms with Gasteiger partial charge in [0.25, 0.3) is 5.78 Å². The van der Waals surface area contributed by atoms with Gasteiger partial charge in [-0.05, 0) is 12.1 Å². The van der Waals surface area contributed by atoms with Crippen LogP contribution in [0.2, 0.25) is 0 Å². The van der Waals surface area contributed by atoms with Crippen LogP contribution in [0, 0.1) is 11.3 Å². The first-order valence-electron chi connectivity index (χ1n) is 4.99. The van der Waals surface area contributed by atoms with Crippen molar-refractivity contribution in [3.8, 4) is 16.6 Å². The van der Waals surface area contributed by atoms with E-state index in [0.717, 1.165) is 6.20 Å². The Labute approximate surface area is 109 Å². The van der Waals surface area contributed by atoms with E-state index in [0.29, 0.717) is 27.5 Å². The summed E-state index contributed by atoms with van der Waals surface area (Å²) in [5.74, 6) is -1.90. The molecule has 0 saturated heterocycles. The summed E-state index contributed by atoms with van der Waals surface area (Å²) >= 11 is 0.671. The number of carbonyl (C=O) groups is 1. The highest BCUT2D eigenvalue weighted by molar-refractivity contribution is 7.17. The van der Waals surface area contributed by atoms with E-state index in [1.165, 1.54) is 12.1 Å². The molecule has 1 heterocycles. The maximum atomic E-state index is 12.2. The number of carbonyl (C=O) groups excluding carboxylic acids is 1. The van der Waals surface area contributed by atoms with Gasteiger partial charge in [-0.1, -0.05) is 12.1 Å². The molecule has 7 heteroatoms. The molecule has 2 rings (SSSR count). The van der Waals surface area contributed by atoms with Crippen molar-refractivity contribution in [3.63, 3.8) is 0 Å². The van der Waals surface area contributed by atoms with Gasteiger partial charge in [0.1, 0.15) is 9.88 Å². The Balaban J connectivity index is 2.31. The number of aromatic nitrogens is 1. The van der Waals surface area contributed by atoms with Crippen LogP contribution in [0.5, 0.6) is 0 Å². The van der Waals surface area contributed by atoms with Crippen LogP contribution in [0.15, 0.2) is 30.5 Å². The predicted octanol–water partition coefficient (Wildman–Crippen LogP) is 3.43. The molecular formula is C12H5F3N2OS. The van der Waals surface area contributed by atoms with Gasteiger partial charge < -0.3 is 0 Å². The topological polar surface area (TPSA) is 53.8 Å². The van der Waals surface area contributed by atoms with Crippen molar-refractivity contribution in [1.82, 2.24) is 4.98 Å². The Bertz CT molecular complexity index is 653. The highest BCUT2D eigenvalue weighted by atomic mass is 32.1. The van der Waals surface area contributed by atoms with E-state index in [4.69, 9.17) is 5.26 Å². The van der Waals surface area contributed by atoms with E-state index >= 15 is 0 Å². The van der Waals surface area contributed by atoms with E-state index in [-0.39, 0.29) is 0 Å². The monoisotopic (exact) mass is 282 g/mol. The second-order valence-corrected chi connectivity index (χ2v) is 4.58. The summed E-state index contributed by atoms with van der Waals surface area (Å²) in [5, 5.41) is 8.94. The van der Waals surface area contributed by atoms with Crippen molar-refractivity contribution in [2.45, 2.75) is 6.18 Å². The maximum Gasteiger partial charge on any atom is 0.455 e. The van der Waals surface area contributed by atoms with Gasteiger partial charge in [0.2, 0.25) is 0 Å². The number of ketones is 1. The average molecular weight is 282 g/mol. The van der Waals surface area contributed by atoms with E-state index in [9.17, 15) is 18.0 Å². The number of nitrogens with zero attached hydrogens (tertiary/aromatic N) is 2. The zero-order chi connectivity index (χ0) is 14.0. The van der Waals surface area contributed by atoms with Crippen LogP contribution in [-0.2, 0) is 0 Å². The quantitative estimate of drug-likeness (QED) is 0.793. The lowest BCUT2D eigenvalue weighted by Crippen LogP contribution is -2.21. The van der Waals surface area contributed by atoms with E-state index in [1.807, 2.05) is 6.07 Å². The van der Waals surface area contributed by atoms with E-state index < -0.39 is 16.8 Å². The molecule has 0 fully saturated rings. The number of hydrogen-bond donors (Lipinski definition) is 0. The number of rotatable bonds is 2. The highest BCUT2D eigenvalue weighted by Gasteiger charge is 2.40. The average Bonchev–Trinajstić information content (AvgIpc) is 2.86. The number of alkyl halides is 3. The van der Waals surface area contributed by atoms with Crippen molar-refractivity contribution in [1.29, 1.82) is 5.26 Å². The highest BCUT2D eigenvalue weighted by Crippen LogP contribution is 2.29. The molecule has 96 valence electrons. The molecule has 0 unspecified atom stereocenters. The molecule has 0 aliphatic rings. The van der Waals surface area contributed by atoms with Crippen molar-refractivity contribution in [2.24, 2.45) is 0 Å². The normalized spacial score (nSPS) is 11.1. The predicted molar refractivity (Wildman–Crippen MR) is 62.7 cm³/mol. The molecule has 0 aliphatic carbocycles. The van der Waals surface area contributed by atoms with Gasteiger partial charge in [-0.3, -0.25) is 4.79 Å². The van der Waals surface area contributed by atoms with Crippen LogP contribution >= 0.6 is 11.3 Å². The molecule has 0 aliphatic heterocycles. The Hall–Kier alpha value is -2.20. The molecule has 0 bridgehead atoms. The Kier molecular flexibility index (Phi) is 3.36. The molecule has 1 aromatic heterocycles. The number of benzene rings is 1. The van der Waals surface area contributed by atoms with Gasteiger partial charge in [0, 0.05) is 11.8 Å². The summed E-state index contributed by atoms with van der Waals surface area (Å²) in [7, 11) is 0. The zero-order valence-electron chi connectivity index (χ0n) is 9.23. The fourth-order valence-electron chi connectivity index (χ4n) is 1.34. The summed E-state index contributed by atoms with van der Waals surface area (Å²) in [5.41, 5.74) is 0.997. The number of thiazole rings is 1. The molecule has 0 radical (unpaired) electrons. The summed E-state index contributed by atoms with van der Waals surface area (Å²) in [4.78, 5) is 14.4. The first-order valence-corrected chi connectivity index (χ1v) is 5.81. The van der Waals surface area contributed by atoms with Crippen LogP contribution in [0.3, 0.4) is 0 Å². The maximum absolute atomic E-state index is 12.2. The minimum atomic E-state index is -4.89. The molecule has 0 saturated carbocycles. The summed E-state index contributed by atoms with van der Waals surface area (Å²) in [6.45, 7) is 0. The number of nitriles is 1. The lowest BCUT2D eigenvalue weighted by atomic mass is 10.1. The lowest BCUT2D eigenvalue weighted by Gasteiger charge is -2.00. The van der Waals surface area contributed by atoms with Crippen LogP contribution in [0.25, 0.3) is 10.6 Å². The molecule has 0 spiro atoms. The largest absolute Gasteiger partial charge is 0.455 e. The molecule has 19 heavy (non-hydrogen) atoms. The van der Waals surface area contributed by atoms with E-state index in [2.05, 4.69) is 4.98 Å².